The molecule has 0 amide bonds. The van der Waals surface area contributed by atoms with Crippen LogP contribution < -0.4 is 0 Å². The molecule has 0 radical (unpaired) electrons. The molecule has 0 spiro atoms. The standard InChI is InChI=1S/C13H17Cl/c1-10(9-14)11-5-7-12(8-6-11)13(2,3)4/h5-9H,1-4H3/b10-9-. The molecule has 0 nitrogen and oxygen atoms in total. The second-order valence-corrected chi connectivity index (χ2v) is 4.84. The fourth-order valence-electron chi connectivity index (χ4n) is 1.30. The van der Waals surface area contributed by atoms with E-state index in [-0.39, 0.29) is 5.41 Å². The molecule has 14 heavy (non-hydrogen) atoms. The van der Waals surface area contributed by atoms with E-state index in [0.717, 1.165) is 5.57 Å². The van der Waals surface area contributed by atoms with Crippen LogP contribution >= 0.6 is 11.6 Å². The Hall–Kier alpha value is -0.750. The van der Waals surface area contributed by atoms with Gasteiger partial charge in [0.2, 0.25) is 0 Å². The average molecular weight is 209 g/mol. The van der Waals surface area contributed by atoms with E-state index in [1.807, 2.05) is 6.92 Å². The van der Waals surface area contributed by atoms with Gasteiger partial charge >= 0.3 is 0 Å². The predicted octanol–water partition coefficient (Wildman–Crippen LogP) is 4.58. The number of rotatable bonds is 1. The Morgan fingerprint density at radius 3 is 2.00 bits per heavy atom. The van der Waals surface area contributed by atoms with E-state index in [2.05, 4.69) is 45.0 Å². The van der Waals surface area contributed by atoms with Crippen LogP contribution in [0.15, 0.2) is 29.8 Å². The van der Waals surface area contributed by atoms with Crippen LogP contribution in [-0.2, 0) is 5.41 Å². The van der Waals surface area contributed by atoms with Crippen molar-refractivity contribution >= 4 is 17.2 Å². The largest absolute Gasteiger partial charge is 0.0926 e. The molecule has 0 aliphatic carbocycles. The van der Waals surface area contributed by atoms with Crippen LogP contribution in [-0.4, -0.2) is 0 Å². The van der Waals surface area contributed by atoms with Gasteiger partial charge in [-0.3, -0.25) is 0 Å². The van der Waals surface area contributed by atoms with Gasteiger partial charge in [-0.2, -0.15) is 0 Å². The Labute approximate surface area is 91.6 Å². The van der Waals surface area contributed by atoms with Crippen molar-refractivity contribution in [2.75, 3.05) is 0 Å². The molecule has 0 aliphatic heterocycles. The van der Waals surface area contributed by atoms with Gasteiger partial charge in [0.05, 0.1) is 0 Å². The summed E-state index contributed by atoms with van der Waals surface area (Å²) < 4.78 is 0. The Bertz CT molecular complexity index is 325. The van der Waals surface area contributed by atoms with Crippen LogP contribution in [0.3, 0.4) is 0 Å². The van der Waals surface area contributed by atoms with Crippen LogP contribution in [0.1, 0.15) is 38.8 Å². The van der Waals surface area contributed by atoms with Gasteiger partial charge in [-0.25, -0.2) is 0 Å². The maximum atomic E-state index is 5.65. The fraction of sp³-hybridized carbons (Fsp3) is 0.385. The third-order valence-corrected chi connectivity index (χ3v) is 2.70. The van der Waals surface area contributed by atoms with Gasteiger partial charge in [-0.15, -0.1) is 0 Å². The van der Waals surface area contributed by atoms with Gasteiger partial charge in [0.15, 0.2) is 0 Å². The Morgan fingerprint density at radius 2 is 1.64 bits per heavy atom. The Morgan fingerprint density at radius 1 is 1.14 bits per heavy atom. The Kier molecular flexibility index (Phi) is 3.38. The zero-order valence-corrected chi connectivity index (χ0v) is 10.0. The van der Waals surface area contributed by atoms with Crippen molar-refractivity contribution in [3.63, 3.8) is 0 Å². The van der Waals surface area contributed by atoms with E-state index >= 15 is 0 Å². The van der Waals surface area contributed by atoms with E-state index < -0.39 is 0 Å². The van der Waals surface area contributed by atoms with Crippen molar-refractivity contribution in [1.82, 2.24) is 0 Å². The van der Waals surface area contributed by atoms with Gasteiger partial charge in [-0.1, -0.05) is 56.6 Å². The topological polar surface area (TPSA) is 0 Å². The molecule has 0 saturated heterocycles. The van der Waals surface area contributed by atoms with E-state index in [4.69, 9.17) is 11.6 Å². The summed E-state index contributed by atoms with van der Waals surface area (Å²) in [5, 5.41) is 0. The fourth-order valence-corrected chi connectivity index (χ4v) is 1.42. The molecule has 1 rings (SSSR count). The SMILES string of the molecule is C/C(=C/Cl)c1ccc(C(C)(C)C)cc1. The van der Waals surface area contributed by atoms with Crippen molar-refractivity contribution < 1.29 is 0 Å². The number of allylic oxidation sites excluding steroid dienone is 1. The molecule has 0 heterocycles. The molecule has 76 valence electrons. The molecule has 1 heteroatoms. The first-order valence-electron chi connectivity index (χ1n) is 4.83. The third kappa shape index (κ3) is 2.62. The predicted molar refractivity (Wildman–Crippen MR) is 64.6 cm³/mol. The summed E-state index contributed by atoms with van der Waals surface area (Å²) in [7, 11) is 0. The summed E-state index contributed by atoms with van der Waals surface area (Å²) >= 11 is 5.65. The second-order valence-electron chi connectivity index (χ2n) is 4.62. The minimum absolute atomic E-state index is 0.219. The first kappa shape index (κ1) is 11.3. The molecule has 1 aromatic rings. The van der Waals surface area contributed by atoms with Crippen LogP contribution in [0, 0.1) is 0 Å². The Balaban J connectivity index is 3.01. The number of halogens is 1. The lowest BCUT2D eigenvalue weighted by Gasteiger charge is -2.19. The minimum atomic E-state index is 0.219. The molecule has 0 bridgehead atoms. The van der Waals surface area contributed by atoms with Crippen molar-refractivity contribution in [3.05, 3.63) is 40.9 Å². The lowest BCUT2D eigenvalue weighted by molar-refractivity contribution is 0.590. The highest BCUT2D eigenvalue weighted by molar-refractivity contribution is 6.28. The van der Waals surface area contributed by atoms with Crippen molar-refractivity contribution in [3.8, 4) is 0 Å². The van der Waals surface area contributed by atoms with Gasteiger partial charge in [0.1, 0.15) is 0 Å². The summed E-state index contributed by atoms with van der Waals surface area (Å²) in [6.07, 6.45) is 0. The zero-order chi connectivity index (χ0) is 10.8. The van der Waals surface area contributed by atoms with Crippen molar-refractivity contribution in [2.24, 2.45) is 0 Å². The van der Waals surface area contributed by atoms with Crippen molar-refractivity contribution in [2.45, 2.75) is 33.1 Å². The summed E-state index contributed by atoms with van der Waals surface area (Å²) in [6.45, 7) is 8.66. The van der Waals surface area contributed by atoms with Crippen LogP contribution in [0.4, 0.5) is 0 Å². The number of benzene rings is 1. The zero-order valence-electron chi connectivity index (χ0n) is 9.26. The van der Waals surface area contributed by atoms with Gasteiger partial charge in [0, 0.05) is 5.54 Å². The molecule has 0 fully saturated rings. The molecule has 0 saturated carbocycles. The van der Waals surface area contributed by atoms with E-state index in [9.17, 15) is 0 Å². The normalized spacial score (nSPS) is 13.1. The third-order valence-electron chi connectivity index (χ3n) is 2.37. The summed E-state index contributed by atoms with van der Waals surface area (Å²) in [4.78, 5) is 0. The maximum absolute atomic E-state index is 5.65. The second kappa shape index (κ2) is 4.18. The highest BCUT2D eigenvalue weighted by atomic mass is 35.5. The van der Waals surface area contributed by atoms with Gasteiger partial charge in [-0.05, 0) is 29.0 Å². The smallest absolute Gasteiger partial charge is 0.00777 e. The number of hydrogen-bond acceptors (Lipinski definition) is 0. The maximum Gasteiger partial charge on any atom is 0.00777 e. The molecule has 0 aliphatic rings. The minimum Gasteiger partial charge on any atom is -0.0926 e. The van der Waals surface area contributed by atoms with Crippen molar-refractivity contribution in [1.29, 1.82) is 0 Å². The van der Waals surface area contributed by atoms with E-state index in [1.54, 1.807) is 5.54 Å². The summed E-state index contributed by atoms with van der Waals surface area (Å²) in [5.41, 5.74) is 5.48. The first-order valence-corrected chi connectivity index (χ1v) is 5.26. The first-order chi connectivity index (χ1) is 6.45. The lowest BCUT2D eigenvalue weighted by atomic mass is 9.86. The monoisotopic (exact) mass is 208 g/mol. The molecular formula is C13H17Cl. The summed E-state index contributed by atoms with van der Waals surface area (Å²) in [6, 6.07) is 8.57. The van der Waals surface area contributed by atoms with Crippen LogP contribution in [0.2, 0.25) is 0 Å². The average Bonchev–Trinajstić information content (AvgIpc) is 2.15. The van der Waals surface area contributed by atoms with Gasteiger partial charge in [0.25, 0.3) is 0 Å². The highest BCUT2D eigenvalue weighted by Crippen LogP contribution is 2.24. The molecule has 0 aromatic heterocycles. The summed E-state index contributed by atoms with van der Waals surface area (Å²) in [5.74, 6) is 0. The van der Waals surface area contributed by atoms with Crippen LogP contribution in [0.25, 0.3) is 5.57 Å². The molecule has 0 N–H and O–H groups in total. The van der Waals surface area contributed by atoms with E-state index in [1.165, 1.54) is 11.1 Å². The molecule has 0 atom stereocenters. The van der Waals surface area contributed by atoms with Crippen LogP contribution in [0.5, 0.6) is 0 Å². The van der Waals surface area contributed by atoms with Gasteiger partial charge < -0.3 is 0 Å². The number of hydrogen-bond donors (Lipinski definition) is 0. The molecule has 0 unspecified atom stereocenters. The molecular weight excluding hydrogens is 192 g/mol. The quantitative estimate of drug-likeness (QED) is 0.634. The van der Waals surface area contributed by atoms with E-state index in [0.29, 0.717) is 0 Å². The molecule has 1 aromatic carbocycles. The lowest BCUT2D eigenvalue weighted by Crippen LogP contribution is -2.10. The highest BCUT2D eigenvalue weighted by Gasteiger charge is 2.12.